The van der Waals surface area contributed by atoms with Crippen LogP contribution in [0.15, 0.2) is 30.3 Å². The molecule has 0 atom stereocenters. The van der Waals surface area contributed by atoms with Crippen LogP contribution in [-0.2, 0) is 4.74 Å². The fourth-order valence-corrected chi connectivity index (χ4v) is 1.99. The molecule has 3 heteroatoms. The maximum Gasteiger partial charge on any atom is 0.0642 e. The molecular formula is C13H16BrNO. The number of alkyl halides is 1. The van der Waals surface area contributed by atoms with Gasteiger partial charge in [-0.15, -0.1) is 0 Å². The molecule has 0 amide bonds. The first-order valence-electron chi connectivity index (χ1n) is 5.55. The number of morpholine rings is 1. The average Bonchev–Trinajstić information content (AvgIpc) is 2.38. The van der Waals surface area contributed by atoms with Crippen molar-refractivity contribution in [3.63, 3.8) is 0 Å². The Morgan fingerprint density at radius 2 is 1.88 bits per heavy atom. The normalized spacial score (nSPS) is 16.9. The van der Waals surface area contributed by atoms with Crippen LogP contribution in [0.5, 0.6) is 0 Å². The van der Waals surface area contributed by atoms with Crippen LogP contribution in [0, 0.1) is 0 Å². The second-order valence-corrected chi connectivity index (χ2v) is 4.40. The van der Waals surface area contributed by atoms with Crippen molar-refractivity contribution in [2.24, 2.45) is 0 Å². The van der Waals surface area contributed by atoms with Crippen molar-refractivity contribution in [1.29, 1.82) is 0 Å². The molecule has 2 rings (SSSR count). The van der Waals surface area contributed by atoms with Crippen LogP contribution >= 0.6 is 15.9 Å². The molecule has 1 aromatic rings. The van der Waals surface area contributed by atoms with E-state index in [1.54, 1.807) is 0 Å². The number of benzene rings is 1. The van der Waals surface area contributed by atoms with E-state index in [-0.39, 0.29) is 0 Å². The molecule has 86 valence electrons. The van der Waals surface area contributed by atoms with Crippen molar-refractivity contribution in [3.8, 4) is 0 Å². The first-order valence-corrected chi connectivity index (χ1v) is 6.67. The number of allylic oxidation sites excluding steroid dienone is 1. The Morgan fingerprint density at radius 3 is 2.50 bits per heavy atom. The van der Waals surface area contributed by atoms with E-state index >= 15 is 0 Å². The summed E-state index contributed by atoms with van der Waals surface area (Å²) in [5, 5.41) is 0.901. The third-order valence-electron chi connectivity index (χ3n) is 2.67. The van der Waals surface area contributed by atoms with Crippen molar-refractivity contribution < 1.29 is 4.74 Å². The van der Waals surface area contributed by atoms with E-state index in [0.29, 0.717) is 0 Å². The first kappa shape index (κ1) is 11.7. The van der Waals surface area contributed by atoms with Crippen molar-refractivity contribution in [2.75, 3.05) is 36.5 Å². The van der Waals surface area contributed by atoms with Crippen LogP contribution in [0.4, 0.5) is 5.69 Å². The van der Waals surface area contributed by atoms with E-state index in [4.69, 9.17) is 4.74 Å². The summed E-state index contributed by atoms with van der Waals surface area (Å²) in [6, 6.07) is 8.67. The highest BCUT2D eigenvalue weighted by Crippen LogP contribution is 2.17. The molecule has 0 aliphatic carbocycles. The predicted molar refractivity (Wildman–Crippen MR) is 72.3 cm³/mol. The summed E-state index contributed by atoms with van der Waals surface area (Å²) in [5.41, 5.74) is 2.54. The highest BCUT2D eigenvalue weighted by atomic mass is 79.9. The quantitative estimate of drug-likeness (QED) is 0.790. The molecule has 1 aliphatic rings. The maximum atomic E-state index is 5.34. The van der Waals surface area contributed by atoms with E-state index in [0.717, 1.165) is 31.6 Å². The summed E-state index contributed by atoms with van der Waals surface area (Å²) < 4.78 is 5.34. The zero-order chi connectivity index (χ0) is 11.2. The Balaban J connectivity index is 2.03. The van der Waals surface area contributed by atoms with E-state index in [9.17, 15) is 0 Å². The van der Waals surface area contributed by atoms with E-state index < -0.39 is 0 Å². The van der Waals surface area contributed by atoms with Gasteiger partial charge in [0.15, 0.2) is 0 Å². The number of halogens is 1. The molecule has 0 radical (unpaired) electrons. The maximum absolute atomic E-state index is 5.34. The number of hydrogen-bond acceptors (Lipinski definition) is 2. The third-order valence-corrected chi connectivity index (χ3v) is 3.04. The Hall–Kier alpha value is -0.800. The van der Waals surface area contributed by atoms with E-state index in [1.807, 2.05) is 0 Å². The zero-order valence-corrected chi connectivity index (χ0v) is 10.8. The first-order chi connectivity index (χ1) is 7.90. The van der Waals surface area contributed by atoms with Crippen LogP contribution < -0.4 is 4.90 Å². The van der Waals surface area contributed by atoms with Gasteiger partial charge in [0.1, 0.15) is 0 Å². The third kappa shape index (κ3) is 3.09. The smallest absolute Gasteiger partial charge is 0.0642 e. The summed E-state index contributed by atoms with van der Waals surface area (Å²) in [5.74, 6) is 0. The molecule has 0 saturated carbocycles. The van der Waals surface area contributed by atoms with Gasteiger partial charge in [0, 0.05) is 24.1 Å². The van der Waals surface area contributed by atoms with Gasteiger partial charge in [-0.25, -0.2) is 0 Å². The molecular weight excluding hydrogens is 266 g/mol. The Bertz CT molecular complexity index is 341. The standard InChI is InChI=1S/C13H16BrNO/c14-7-1-2-12-3-5-13(6-4-12)15-8-10-16-11-9-15/h1-6H,7-11H2. The average molecular weight is 282 g/mol. The summed E-state index contributed by atoms with van der Waals surface area (Å²) in [6.45, 7) is 3.67. The fraction of sp³-hybridized carbons (Fsp3) is 0.385. The molecule has 0 unspecified atom stereocenters. The number of hydrogen-bond donors (Lipinski definition) is 0. The zero-order valence-electron chi connectivity index (χ0n) is 9.23. The van der Waals surface area contributed by atoms with Crippen LogP contribution in [0.2, 0.25) is 0 Å². The van der Waals surface area contributed by atoms with Gasteiger partial charge in [-0.1, -0.05) is 40.2 Å². The minimum absolute atomic E-state index is 0.839. The van der Waals surface area contributed by atoms with Crippen molar-refractivity contribution >= 4 is 27.7 Å². The van der Waals surface area contributed by atoms with Crippen LogP contribution in [-0.4, -0.2) is 31.6 Å². The lowest BCUT2D eigenvalue weighted by atomic mass is 10.2. The highest BCUT2D eigenvalue weighted by molar-refractivity contribution is 9.09. The summed E-state index contributed by atoms with van der Waals surface area (Å²) >= 11 is 3.37. The van der Waals surface area contributed by atoms with Gasteiger partial charge in [0.05, 0.1) is 13.2 Å². The second-order valence-electron chi connectivity index (χ2n) is 3.75. The molecule has 0 N–H and O–H groups in total. The number of anilines is 1. The Morgan fingerprint density at radius 1 is 1.19 bits per heavy atom. The minimum Gasteiger partial charge on any atom is -0.378 e. The Kier molecular flexibility index (Phi) is 4.43. The lowest BCUT2D eigenvalue weighted by Gasteiger charge is -2.28. The summed E-state index contributed by atoms with van der Waals surface area (Å²) in [6.07, 6.45) is 4.22. The largest absolute Gasteiger partial charge is 0.378 e. The van der Waals surface area contributed by atoms with Crippen molar-refractivity contribution in [3.05, 3.63) is 35.9 Å². The number of ether oxygens (including phenoxy) is 1. The number of nitrogens with zero attached hydrogens (tertiary/aromatic N) is 1. The monoisotopic (exact) mass is 281 g/mol. The van der Waals surface area contributed by atoms with Gasteiger partial charge in [-0.2, -0.15) is 0 Å². The highest BCUT2D eigenvalue weighted by Gasteiger charge is 2.10. The lowest BCUT2D eigenvalue weighted by Crippen LogP contribution is -2.36. The fourth-order valence-electron chi connectivity index (χ4n) is 1.80. The molecule has 16 heavy (non-hydrogen) atoms. The topological polar surface area (TPSA) is 12.5 Å². The molecule has 1 aromatic carbocycles. The Labute approximate surface area is 105 Å². The van der Waals surface area contributed by atoms with Crippen LogP contribution in [0.1, 0.15) is 5.56 Å². The lowest BCUT2D eigenvalue weighted by molar-refractivity contribution is 0.122. The van der Waals surface area contributed by atoms with Gasteiger partial charge >= 0.3 is 0 Å². The van der Waals surface area contributed by atoms with Gasteiger partial charge in [0.25, 0.3) is 0 Å². The number of rotatable bonds is 3. The van der Waals surface area contributed by atoms with Gasteiger partial charge < -0.3 is 9.64 Å². The van der Waals surface area contributed by atoms with Gasteiger partial charge in [-0.3, -0.25) is 0 Å². The molecule has 2 nitrogen and oxygen atoms in total. The minimum atomic E-state index is 0.839. The summed E-state index contributed by atoms with van der Waals surface area (Å²) in [4.78, 5) is 2.36. The molecule has 1 saturated heterocycles. The molecule has 0 aromatic heterocycles. The molecule has 1 heterocycles. The molecule has 1 aliphatic heterocycles. The van der Waals surface area contributed by atoms with Crippen LogP contribution in [0.25, 0.3) is 6.08 Å². The molecule has 0 bridgehead atoms. The molecule has 0 spiro atoms. The van der Waals surface area contributed by atoms with E-state index in [2.05, 4.69) is 57.2 Å². The second kappa shape index (κ2) is 6.06. The summed E-state index contributed by atoms with van der Waals surface area (Å²) in [7, 11) is 0. The predicted octanol–water partition coefficient (Wildman–Crippen LogP) is 2.93. The van der Waals surface area contributed by atoms with Crippen LogP contribution in [0.3, 0.4) is 0 Å². The van der Waals surface area contributed by atoms with Crippen molar-refractivity contribution in [1.82, 2.24) is 0 Å². The van der Waals surface area contributed by atoms with Crippen molar-refractivity contribution in [2.45, 2.75) is 0 Å². The van der Waals surface area contributed by atoms with Gasteiger partial charge in [0.2, 0.25) is 0 Å². The van der Waals surface area contributed by atoms with E-state index in [1.165, 1.54) is 11.3 Å². The SMILES string of the molecule is BrCC=Cc1ccc(N2CCOCC2)cc1. The van der Waals surface area contributed by atoms with Gasteiger partial charge in [-0.05, 0) is 17.7 Å². The molecule has 1 fully saturated rings.